The van der Waals surface area contributed by atoms with Crippen LogP contribution in [0.1, 0.15) is 27.0 Å². The van der Waals surface area contributed by atoms with Crippen LogP contribution in [0.15, 0.2) is 53.4 Å². The van der Waals surface area contributed by atoms with Crippen LogP contribution < -0.4 is 10.6 Å². The van der Waals surface area contributed by atoms with E-state index in [4.69, 9.17) is 4.74 Å². The first-order valence-corrected chi connectivity index (χ1v) is 11.0. The van der Waals surface area contributed by atoms with Crippen LogP contribution in [-0.4, -0.2) is 35.1 Å². The standard InChI is InChI=1S/C21H17N3O4S2/c1-2-28-20(27)18-17(12-6-4-3-5-7-12)23-21(30-18)24-19(26)13-8-9-15-14(10-13)22-16(25)11-29-15/h3-10H,2,11H2,1H3,(H,22,25)(H,23,24,26). The van der Waals surface area contributed by atoms with Gasteiger partial charge in [-0.1, -0.05) is 41.7 Å². The number of ether oxygens (including phenoxy) is 1. The van der Waals surface area contributed by atoms with E-state index < -0.39 is 5.97 Å². The molecule has 0 aliphatic carbocycles. The van der Waals surface area contributed by atoms with Crippen molar-refractivity contribution in [2.24, 2.45) is 0 Å². The topological polar surface area (TPSA) is 97.4 Å². The molecule has 7 nitrogen and oxygen atoms in total. The Bertz CT molecular complexity index is 1130. The number of benzene rings is 2. The molecule has 2 aromatic carbocycles. The molecule has 9 heteroatoms. The predicted molar refractivity (Wildman–Crippen MR) is 117 cm³/mol. The highest BCUT2D eigenvalue weighted by molar-refractivity contribution is 8.00. The van der Waals surface area contributed by atoms with Crippen molar-refractivity contribution >= 4 is 51.7 Å². The SMILES string of the molecule is CCOC(=O)c1sc(NC(=O)c2ccc3c(c2)NC(=O)CS3)nc1-c1ccccc1. The summed E-state index contributed by atoms with van der Waals surface area (Å²) < 4.78 is 5.14. The lowest BCUT2D eigenvalue weighted by Gasteiger charge is -2.16. The first-order chi connectivity index (χ1) is 14.5. The second-order valence-electron chi connectivity index (χ2n) is 6.29. The van der Waals surface area contributed by atoms with Gasteiger partial charge in [0.05, 0.1) is 23.7 Å². The number of nitrogens with one attached hydrogen (secondary N) is 2. The van der Waals surface area contributed by atoms with Crippen molar-refractivity contribution < 1.29 is 19.1 Å². The highest BCUT2D eigenvalue weighted by atomic mass is 32.2. The van der Waals surface area contributed by atoms with Gasteiger partial charge in [0.1, 0.15) is 4.88 Å². The maximum atomic E-state index is 12.8. The lowest BCUT2D eigenvalue weighted by atomic mass is 10.1. The summed E-state index contributed by atoms with van der Waals surface area (Å²) in [6.07, 6.45) is 0. The van der Waals surface area contributed by atoms with Crippen LogP contribution in [0.25, 0.3) is 11.3 Å². The quantitative estimate of drug-likeness (QED) is 0.576. The number of amides is 2. The largest absolute Gasteiger partial charge is 0.462 e. The van der Waals surface area contributed by atoms with Gasteiger partial charge >= 0.3 is 5.97 Å². The Morgan fingerprint density at radius 3 is 2.77 bits per heavy atom. The van der Waals surface area contributed by atoms with Crippen LogP contribution in [0.3, 0.4) is 0 Å². The van der Waals surface area contributed by atoms with Crippen molar-refractivity contribution in [3.05, 3.63) is 59.0 Å². The molecule has 0 radical (unpaired) electrons. The number of esters is 1. The molecular formula is C21H17N3O4S2. The van der Waals surface area contributed by atoms with Crippen molar-refractivity contribution in [2.75, 3.05) is 23.0 Å². The normalized spacial score (nSPS) is 12.6. The number of anilines is 2. The average molecular weight is 440 g/mol. The third-order valence-corrected chi connectivity index (χ3v) is 6.25. The minimum Gasteiger partial charge on any atom is -0.462 e. The maximum absolute atomic E-state index is 12.8. The fourth-order valence-corrected chi connectivity index (χ4v) is 4.56. The van der Waals surface area contributed by atoms with Crippen molar-refractivity contribution in [1.82, 2.24) is 4.98 Å². The van der Waals surface area contributed by atoms with Crippen LogP contribution in [0.2, 0.25) is 0 Å². The van der Waals surface area contributed by atoms with Crippen molar-refractivity contribution in [3.8, 4) is 11.3 Å². The van der Waals surface area contributed by atoms with E-state index in [9.17, 15) is 14.4 Å². The molecule has 0 atom stereocenters. The molecule has 3 aromatic rings. The Morgan fingerprint density at radius 1 is 1.20 bits per heavy atom. The number of fused-ring (bicyclic) bond motifs is 1. The van der Waals surface area contributed by atoms with E-state index in [1.165, 1.54) is 11.8 Å². The number of nitrogens with zero attached hydrogens (tertiary/aromatic N) is 1. The summed E-state index contributed by atoms with van der Waals surface area (Å²) in [6.45, 7) is 1.97. The summed E-state index contributed by atoms with van der Waals surface area (Å²) in [5, 5.41) is 5.80. The van der Waals surface area contributed by atoms with Crippen LogP contribution in [0.5, 0.6) is 0 Å². The second-order valence-corrected chi connectivity index (χ2v) is 8.30. The molecule has 4 rings (SSSR count). The Labute approximate surface area is 180 Å². The Hall–Kier alpha value is -3.17. The molecule has 1 aromatic heterocycles. The molecule has 2 heterocycles. The first kappa shape index (κ1) is 20.1. The van der Waals surface area contributed by atoms with Gasteiger partial charge < -0.3 is 10.1 Å². The minimum absolute atomic E-state index is 0.100. The number of hydrogen-bond donors (Lipinski definition) is 2. The number of thiazole rings is 1. The maximum Gasteiger partial charge on any atom is 0.350 e. The van der Waals surface area contributed by atoms with Crippen LogP contribution in [-0.2, 0) is 9.53 Å². The van der Waals surface area contributed by atoms with E-state index in [2.05, 4.69) is 15.6 Å². The van der Waals surface area contributed by atoms with Crippen molar-refractivity contribution in [3.63, 3.8) is 0 Å². The summed E-state index contributed by atoms with van der Waals surface area (Å²) in [5.74, 6) is -0.609. The Kier molecular flexibility index (Phi) is 5.82. The van der Waals surface area contributed by atoms with Gasteiger partial charge in [0.15, 0.2) is 5.13 Å². The van der Waals surface area contributed by atoms with Gasteiger partial charge in [-0.25, -0.2) is 9.78 Å². The minimum atomic E-state index is -0.483. The zero-order chi connectivity index (χ0) is 21.1. The number of carbonyl (C=O) groups is 3. The third-order valence-electron chi connectivity index (χ3n) is 4.23. The molecule has 0 saturated carbocycles. The summed E-state index contributed by atoms with van der Waals surface area (Å²) in [7, 11) is 0. The molecule has 0 unspecified atom stereocenters. The van der Waals surface area contributed by atoms with Gasteiger partial charge in [0.25, 0.3) is 5.91 Å². The lowest BCUT2D eigenvalue weighted by molar-refractivity contribution is -0.113. The molecule has 2 N–H and O–H groups in total. The zero-order valence-corrected chi connectivity index (χ0v) is 17.6. The van der Waals surface area contributed by atoms with Gasteiger partial charge in [-0.15, -0.1) is 11.8 Å². The Morgan fingerprint density at radius 2 is 2.00 bits per heavy atom. The van der Waals surface area contributed by atoms with E-state index in [1.807, 2.05) is 30.3 Å². The monoisotopic (exact) mass is 439 g/mol. The molecule has 1 aliphatic rings. The van der Waals surface area contributed by atoms with Crippen molar-refractivity contribution in [2.45, 2.75) is 11.8 Å². The number of rotatable bonds is 5. The molecular weight excluding hydrogens is 422 g/mol. The van der Waals surface area contributed by atoms with E-state index in [-0.39, 0.29) is 23.6 Å². The molecule has 0 saturated heterocycles. The molecule has 0 spiro atoms. The van der Waals surface area contributed by atoms with Gasteiger partial charge in [0.2, 0.25) is 5.91 Å². The fraction of sp³-hybridized carbons (Fsp3) is 0.143. The van der Waals surface area contributed by atoms with Gasteiger partial charge in [-0.2, -0.15) is 0 Å². The fourth-order valence-electron chi connectivity index (χ4n) is 2.89. The summed E-state index contributed by atoms with van der Waals surface area (Å²) in [5.41, 5.74) is 2.21. The van der Waals surface area contributed by atoms with Gasteiger partial charge in [0, 0.05) is 16.0 Å². The van der Waals surface area contributed by atoms with Crippen LogP contribution >= 0.6 is 23.1 Å². The second kappa shape index (κ2) is 8.68. The zero-order valence-electron chi connectivity index (χ0n) is 15.9. The number of carbonyl (C=O) groups excluding carboxylic acids is 3. The van der Waals surface area contributed by atoms with E-state index >= 15 is 0 Å². The molecule has 30 heavy (non-hydrogen) atoms. The summed E-state index contributed by atoms with van der Waals surface area (Å²) in [4.78, 5) is 42.5. The highest BCUT2D eigenvalue weighted by Crippen LogP contribution is 2.34. The molecule has 1 aliphatic heterocycles. The van der Waals surface area contributed by atoms with Crippen LogP contribution in [0.4, 0.5) is 10.8 Å². The lowest BCUT2D eigenvalue weighted by Crippen LogP contribution is -2.19. The number of hydrogen-bond acceptors (Lipinski definition) is 7. The smallest absolute Gasteiger partial charge is 0.350 e. The summed E-state index contributed by atoms with van der Waals surface area (Å²) >= 11 is 2.49. The average Bonchev–Trinajstić information content (AvgIpc) is 3.18. The first-order valence-electron chi connectivity index (χ1n) is 9.16. The summed E-state index contributed by atoms with van der Waals surface area (Å²) in [6, 6.07) is 14.4. The molecule has 0 fully saturated rings. The van der Waals surface area contributed by atoms with E-state index in [0.29, 0.717) is 27.6 Å². The van der Waals surface area contributed by atoms with Crippen molar-refractivity contribution in [1.29, 1.82) is 0 Å². The Balaban J connectivity index is 1.61. The molecule has 2 amide bonds. The van der Waals surface area contributed by atoms with Crippen LogP contribution in [0, 0.1) is 0 Å². The number of aromatic nitrogens is 1. The van der Waals surface area contributed by atoms with E-state index in [0.717, 1.165) is 21.8 Å². The van der Waals surface area contributed by atoms with E-state index in [1.54, 1.807) is 25.1 Å². The number of thioether (sulfide) groups is 1. The predicted octanol–water partition coefficient (Wildman–Crippen LogP) is 4.28. The molecule has 152 valence electrons. The highest BCUT2D eigenvalue weighted by Gasteiger charge is 2.22. The molecule has 0 bridgehead atoms. The third kappa shape index (κ3) is 4.22. The van der Waals surface area contributed by atoms with Gasteiger partial charge in [-0.05, 0) is 25.1 Å². The van der Waals surface area contributed by atoms with Gasteiger partial charge in [-0.3, -0.25) is 14.9 Å².